The van der Waals surface area contributed by atoms with Gasteiger partial charge in [0.1, 0.15) is 11.5 Å². The molecule has 0 aliphatic heterocycles. The van der Waals surface area contributed by atoms with Crippen molar-refractivity contribution in [1.29, 1.82) is 0 Å². The van der Waals surface area contributed by atoms with Crippen molar-refractivity contribution in [1.82, 2.24) is 10.1 Å². The van der Waals surface area contributed by atoms with Crippen LogP contribution in [-0.4, -0.2) is 40.9 Å². The van der Waals surface area contributed by atoms with Gasteiger partial charge in [-0.05, 0) is 71.4 Å². The maximum atomic E-state index is 12.4. The molecule has 0 N–H and O–H groups in total. The molecule has 1 aromatic heterocycles. The lowest BCUT2D eigenvalue weighted by atomic mass is 9.89. The number of benzene rings is 1. The predicted molar refractivity (Wildman–Crippen MR) is 129 cm³/mol. The molecule has 0 radical (unpaired) electrons. The van der Waals surface area contributed by atoms with Gasteiger partial charge in [-0.25, -0.2) is 4.79 Å². The molecule has 6 nitrogen and oxygen atoms in total. The molecule has 2 aliphatic rings. The Bertz CT molecular complexity index is 969. The van der Waals surface area contributed by atoms with Gasteiger partial charge in [0.05, 0.1) is 29.9 Å². The number of carbonyl (C=O) groups excluding carboxylic acids is 1. The largest absolute Gasteiger partial charge is 0.453 e. The van der Waals surface area contributed by atoms with Crippen LogP contribution in [0.4, 0.5) is 4.79 Å². The summed E-state index contributed by atoms with van der Waals surface area (Å²) in [7, 11) is 1.44. The van der Waals surface area contributed by atoms with Crippen molar-refractivity contribution >= 4 is 29.3 Å². The van der Waals surface area contributed by atoms with Crippen LogP contribution in [0.1, 0.15) is 76.5 Å². The fraction of sp³-hybridized carbons (Fsp3) is 0.600. The van der Waals surface area contributed by atoms with Gasteiger partial charge < -0.3 is 18.9 Å². The number of carbonyl (C=O) groups is 1. The summed E-state index contributed by atoms with van der Waals surface area (Å²) in [6.45, 7) is 6.53. The molecule has 2 aliphatic carbocycles. The molecule has 0 spiro atoms. The van der Waals surface area contributed by atoms with E-state index in [9.17, 15) is 4.79 Å². The molecule has 2 fully saturated rings. The minimum atomic E-state index is -0.295. The third-order valence-electron chi connectivity index (χ3n) is 6.53. The number of hydrogen-bond acceptors (Lipinski definition) is 5. The molecule has 1 aromatic carbocycles. The third-order valence-corrected chi connectivity index (χ3v) is 7.16. The molecule has 180 valence electrons. The summed E-state index contributed by atoms with van der Waals surface area (Å²) in [5.41, 5.74) is 2.01. The number of methoxy groups -OCH3 is 1. The summed E-state index contributed by atoms with van der Waals surface area (Å²) in [6.07, 6.45) is 5.53. The Balaban J connectivity index is 1.46. The highest BCUT2D eigenvalue weighted by Crippen LogP contribution is 2.46. The summed E-state index contributed by atoms with van der Waals surface area (Å²) in [6, 6.07) is 5.58. The molecule has 1 amide bonds. The number of nitrogens with zero attached hydrogens (tertiary/aromatic N) is 2. The second kappa shape index (κ2) is 9.85. The van der Waals surface area contributed by atoms with Crippen LogP contribution in [-0.2, 0) is 16.1 Å². The van der Waals surface area contributed by atoms with Crippen molar-refractivity contribution < 1.29 is 18.8 Å². The fourth-order valence-electron chi connectivity index (χ4n) is 4.79. The fourth-order valence-corrected chi connectivity index (χ4v) is 5.36. The number of ether oxygens (including phenoxy) is 2. The average molecular weight is 495 g/mol. The average Bonchev–Trinajstić information content (AvgIpc) is 3.53. The summed E-state index contributed by atoms with van der Waals surface area (Å²) < 4.78 is 17.2. The Kier molecular flexibility index (Phi) is 7.27. The van der Waals surface area contributed by atoms with Crippen LogP contribution < -0.4 is 0 Å². The Hall–Kier alpha value is -1.76. The summed E-state index contributed by atoms with van der Waals surface area (Å²) in [4.78, 5) is 14.3. The van der Waals surface area contributed by atoms with Crippen LogP contribution >= 0.6 is 23.2 Å². The van der Waals surface area contributed by atoms with Crippen LogP contribution in [0.25, 0.3) is 11.3 Å². The van der Waals surface area contributed by atoms with Gasteiger partial charge in [0, 0.05) is 28.6 Å². The first-order valence-corrected chi connectivity index (χ1v) is 12.4. The van der Waals surface area contributed by atoms with E-state index in [1.165, 1.54) is 7.11 Å². The maximum absolute atomic E-state index is 12.4. The first-order chi connectivity index (χ1) is 15.7. The van der Waals surface area contributed by atoms with E-state index >= 15 is 0 Å². The van der Waals surface area contributed by atoms with Gasteiger partial charge in [0.25, 0.3) is 0 Å². The molecule has 2 aromatic rings. The first-order valence-electron chi connectivity index (χ1n) is 11.6. The zero-order chi connectivity index (χ0) is 23.8. The van der Waals surface area contributed by atoms with Gasteiger partial charge >= 0.3 is 6.09 Å². The zero-order valence-electron chi connectivity index (χ0n) is 19.7. The van der Waals surface area contributed by atoms with E-state index in [1.54, 1.807) is 0 Å². The van der Waals surface area contributed by atoms with Crippen molar-refractivity contribution in [2.75, 3.05) is 7.11 Å². The summed E-state index contributed by atoms with van der Waals surface area (Å²) in [5.74, 6) is 1.28. The van der Waals surface area contributed by atoms with E-state index in [-0.39, 0.29) is 23.8 Å². The first kappa shape index (κ1) is 24.4. The minimum Gasteiger partial charge on any atom is -0.453 e. The maximum Gasteiger partial charge on any atom is 0.410 e. The van der Waals surface area contributed by atoms with Crippen molar-refractivity contribution in [3.63, 3.8) is 0 Å². The van der Waals surface area contributed by atoms with Crippen molar-refractivity contribution in [3.8, 4) is 11.3 Å². The monoisotopic (exact) mass is 494 g/mol. The molecule has 33 heavy (non-hydrogen) atoms. The molecular weight excluding hydrogens is 463 g/mol. The molecule has 0 bridgehead atoms. The number of hydrogen-bond donors (Lipinski definition) is 0. The van der Waals surface area contributed by atoms with Crippen LogP contribution in [0.15, 0.2) is 22.7 Å². The van der Waals surface area contributed by atoms with Crippen LogP contribution in [0.2, 0.25) is 10.0 Å². The Morgan fingerprint density at radius 2 is 1.76 bits per heavy atom. The highest BCUT2D eigenvalue weighted by atomic mass is 35.5. The van der Waals surface area contributed by atoms with Crippen LogP contribution in [0, 0.1) is 0 Å². The van der Waals surface area contributed by atoms with Gasteiger partial charge in [-0.2, -0.15) is 0 Å². The van der Waals surface area contributed by atoms with Gasteiger partial charge in [0.2, 0.25) is 0 Å². The lowest BCUT2D eigenvalue weighted by Gasteiger charge is -2.43. The molecule has 2 saturated carbocycles. The van der Waals surface area contributed by atoms with Crippen LogP contribution in [0.3, 0.4) is 0 Å². The Labute approximate surface area is 205 Å². The van der Waals surface area contributed by atoms with E-state index in [0.29, 0.717) is 33.8 Å². The molecule has 4 rings (SSSR count). The highest BCUT2D eigenvalue weighted by Gasteiger charge is 2.37. The van der Waals surface area contributed by atoms with Crippen molar-refractivity contribution in [2.24, 2.45) is 0 Å². The van der Waals surface area contributed by atoms with Gasteiger partial charge in [-0.1, -0.05) is 34.4 Å². The van der Waals surface area contributed by atoms with Gasteiger partial charge in [-0.15, -0.1) is 0 Å². The number of halogens is 2. The molecule has 1 heterocycles. The quantitative estimate of drug-likeness (QED) is 0.423. The Morgan fingerprint density at radius 3 is 2.30 bits per heavy atom. The van der Waals surface area contributed by atoms with E-state index in [0.717, 1.165) is 49.8 Å². The second-order valence-electron chi connectivity index (χ2n) is 10.00. The van der Waals surface area contributed by atoms with E-state index < -0.39 is 0 Å². The summed E-state index contributed by atoms with van der Waals surface area (Å²) >= 11 is 12.9. The topological polar surface area (TPSA) is 64.8 Å². The molecule has 0 saturated heterocycles. The number of rotatable bonds is 6. The second-order valence-corrected chi connectivity index (χ2v) is 10.8. The molecule has 0 atom stereocenters. The van der Waals surface area contributed by atoms with Gasteiger partial charge in [0.15, 0.2) is 0 Å². The van der Waals surface area contributed by atoms with Crippen molar-refractivity contribution in [2.45, 2.75) is 89.5 Å². The molecule has 0 unspecified atom stereocenters. The van der Waals surface area contributed by atoms with E-state index in [4.69, 9.17) is 37.2 Å². The third kappa shape index (κ3) is 5.33. The molecular formula is C25H32Cl2N2O4. The SMILES string of the molecule is COC(=O)N(C1CCC(OCc2c(-c3c(Cl)cccc3Cl)noc2C2CC2)CC1)C(C)(C)C. The smallest absolute Gasteiger partial charge is 0.410 e. The zero-order valence-corrected chi connectivity index (χ0v) is 21.2. The lowest BCUT2D eigenvalue weighted by Crippen LogP contribution is -2.53. The normalized spacial score (nSPS) is 21.2. The predicted octanol–water partition coefficient (Wildman–Crippen LogP) is 7.22. The Morgan fingerprint density at radius 1 is 1.12 bits per heavy atom. The van der Waals surface area contributed by atoms with Gasteiger partial charge in [-0.3, -0.25) is 0 Å². The lowest BCUT2D eigenvalue weighted by molar-refractivity contribution is -0.0156. The minimum absolute atomic E-state index is 0.109. The van der Waals surface area contributed by atoms with Crippen molar-refractivity contribution in [3.05, 3.63) is 39.6 Å². The van der Waals surface area contributed by atoms with E-state index in [2.05, 4.69) is 5.16 Å². The van der Waals surface area contributed by atoms with Crippen LogP contribution in [0.5, 0.6) is 0 Å². The molecule has 8 heteroatoms. The van der Waals surface area contributed by atoms with E-state index in [1.807, 2.05) is 43.9 Å². The number of aromatic nitrogens is 1. The highest BCUT2D eigenvalue weighted by molar-refractivity contribution is 6.39. The standard InChI is InChI=1S/C25H32Cl2N2O4/c1-25(2,3)29(24(30)31-4)16-10-12-17(13-11-16)32-14-18-22(28-33-23(18)15-8-9-15)21-19(26)6-5-7-20(21)27/h5-7,15-17H,8-14H2,1-4H3. The number of amides is 1. The summed E-state index contributed by atoms with van der Waals surface area (Å²) in [5, 5.41) is 5.43.